The summed E-state index contributed by atoms with van der Waals surface area (Å²) in [6.07, 6.45) is -2.31. The SMILES string of the molecule is CN(C)S(=O)(=O)c1ccc2c(c1)CCCN2C(=O)CSc1nccc(C(F)(F)F)n1. The largest absolute Gasteiger partial charge is 0.433 e. The fourth-order valence-corrected chi connectivity index (χ4v) is 4.64. The highest BCUT2D eigenvalue weighted by atomic mass is 32.2. The van der Waals surface area contributed by atoms with Crippen LogP contribution in [0.1, 0.15) is 17.7 Å². The van der Waals surface area contributed by atoms with Crippen molar-refractivity contribution < 1.29 is 26.4 Å². The van der Waals surface area contributed by atoms with E-state index < -0.39 is 21.9 Å². The lowest BCUT2D eigenvalue weighted by atomic mass is 10.0. The molecule has 0 unspecified atom stereocenters. The first-order valence-corrected chi connectivity index (χ1v) is 11.3. The molecule has 162 valence electrons. The highest BCUT2D eigenvalue weighted by Crippen LogP contribution is 2.32. The van der Waals surface area contributed by atoms with Gasteiger partial charge in [0.15, 0.2) is 5.16 Å². The van der Waals surface area contributed by atoms with Crippen molar-refractivity contribution in [3.63, 3.8) is 0 Å². The minimum absolute atomic E-state index is 0.136. The van der Waals surface area contributed by atoms with Gasteiger partial charge in [-0.05, 0) is 42.7 Å². The summed E-state index contributed by atoms with van der Waals surface area (Å²) >= 11 is 0.822. The number of carbonyl (C=O) groups excluding carboxylic acids is 1. The van der Waals surface area contributed by atoms with Crippen LogP contribution in [-0.2, 0) is 27.4 Å². The zero-order valence-corrected chi connectivity index (χ0v) is 17.8. The number of aryl methyl sites for hydroxylation is 1. The number of hydrogen-bond donors (Lipinski definition) is 0. The van der Waals surface area contributed by atoms with Crippen LogP contribution >= 0.6 is 11.8 Å². The number of anilines is 1. The molecule has 0 N–H and O–H groups in total. The number of sulfonamides is 1. The average molecular weight is 461 g/mol. The summed E-state index contributed by atoms with van der Waals surface area (Å²) in [6, 6.07) is 5.37. The minimum Gasteiger partial charge on any atom is -0.311 e. The Kier molecular flexibility index (Phi) is 6.39. The lowest BCUT2D eigenvalue weighted by Crippen LogP contribution is -2.37. The van der Waals surface area contributed by atoms with E-state index in [1.807, 2.05) is 0 Å². The predicted octanol–water partition coefficient (Wildman–Crippen LogP) is 2.82. The number of nitrogens with zero attached hydrogens (tertiary/aromatic N) is 4. The van der Waals surface area contributed by atoms with Crippen LogP contribution < -0.4 is 4.90 Å². The molecule has 2 heterocycles. The molecule has 1 aromatic heterocycles. The van der Waals surface area contributed by atoms with Gasteiger partial charge in [0, 0.05) is 32.5 Å². The molecule has 3 rings (SSSR count). The number of thioether (sulfide) groups is 1. The number of hydrogen-bond acceptors (Lipinski definition) is 6. The van der Waals surface area contributed by atoms with E-state index in [1.165, 1.54) is 25.1 Å². The smallest absolute Gasteiger partial charge is 0.311 e. The molecule has 1 aliphatic rings. The van der Waals surface area contributed by atoms with Crippen molar-refractivity contribution in [3.05, 3.63) is 41.7 Å². The number of benzene rings is 1. The second-order valence-corrected chi connectivity index (χ2v) is 9.83. The molecule has 0 saturated carbocycles. The molecule has 12 heteroatoms. The van der Waals surface area contributed by atoms with Gasteiger partial charge in [-0.25, -0.2) is 22.7 Å². The standard InChI is InChI=1S/C18H19F3N4O3S2/c1-24(2)30(27,28)13-5-6-14-12(10-13)4-3-9-25(14)16(26)11-29-17-22-8-7-15(23-17)18(19,20)21/h5-8,10H,3-4,9,11H2,1-2H3. The topological polar surface area (TPSA) is 83.5 Å². The number of alkyl halides is 3. The monoisotopic (exact) mass is 460 g/mol. The number of halogens is 3. The van der Waals surface area contributed by atoms with Gasteiger partial charge in [0.1, 0.15) is 5.69 Å². The lowest BCUT2D eigenvalue weighted by Gasteiger charge is -2.30. The van der Waals surface area contributed by atoms with Crippen molar-refractivity contribution in [1.29, 1.82) is 0 Å². The van der Waals surface area contributed by atoms with Gasteiger partial charge >= 0.3 is 6.18 Å². The zero-order valence-electron chi connectivity index (χ0n) is 16.2. The first kappa shape index (κ1) is 22.5. The van der Waals surface area contributed by atoms with Crippen LogP contribution in [0.3, 0.4) is 0 Å². The van der Waals surface area contributed by atoms with E-state index in [0.29, 0.717) is 25.1 Å². The third kappa shape index (κ3) is 4.76. The van der Waals surface area contributed by atoms with E-state index in [4.69, 9.17) is 0 Å². The van der Waals surface area contributed by atoms with E-state index in [-0.39, 0.29) is 21.7 Å². The molecular formula is C18H19F3N4O3S2. The molecule has 2 aromatic rings. The van der Waals surface area contributed by atoms with Crippen LogP contribution in [0.25, 0.3) is 0 Å². The Labute approximate surface area is 176 Å². The fourth-order valence-electron chi connectivity index (χ4n) is 2.98. The minimum atomic E-state index is -4.58. The van der Waals surface area contributed by atoms with Crippen molar-refractivity contribution in [1.82, 2.24) is 14.3 Å². The van der Waals surface area contributed by atoms with Crippen LogP contribution in [0.2, 0.25) is 0 Å². The quantitative estimate of drug-likeness (QED) is 0.504. The van der Waals surface area contributed by atoms with E-state index >= 15 is 0 Å². The van der Waals surface area contributed by atoms with Crippen molar-refractivity contribution >= 4 is 33.4 Å². The Morgan fingerprint density at radius 2 is 2.00 bits per heavy atom. The van der Waals surface area contributed by atoms with E-state index in [0.717, 1.165) is 33.9 Å². The summed E-state index contributed by atoms with van der Waals surface area (Å²) in [5, 5.41) is -0.136. The normalized spacial score (nSPS) is 14.7. The Hall–Kier alpha value is -2.18. The fraction of sp³-hybridized carbons (Fsp3) is 0.389. The van der Waals surface area contributed by atoms with Gasteiger partial charge in [0.2, 0.25) is 15.9 Å². The van der Waals surface area contributed by atoms with Gasteiger partial charge in [0.05, 0.1) is 10.6 Å². The third-order valence-electron chi connectivity index (χ3n) is 4.50. The number of fused-ring (bicyclic) bond motifs is 1. The van der Waals surface area contributed by atoms with Crippen molar-refractivity contribution in [3.8, 4) is 0 Å². The third-order valence-corrected chi connectivity index (χ3v) is 7.16. The van der Waals surface area contributed by atoms with Gasteiger partial charge in [-0.15, -0.1) is 0 Å². The van der Waals surface area contributed by atoms with Crippen LogP contribution in [-0.4, -0.2) is 55.0 Å². The van der Waals surface area contributed by atoms with Crippen LogP contribution in [0.4, 0.5) is 18.9 Å². The molecule has 30 heavy (non-hydrogen) atoms. The first-order valence-electron chi connectivity index (χ1n) is 8.89. The molecule has 0 spiro atoms. The Bertz CT molecular complexity index is 1060. The summed E-state index contributed by atoms with van der Waals surface area (Å²) in [6.45, 7) is 0.440. The summed E-state index contributed by atoms with van der Waals surface area (Å²) in [4.78, 5) is 21.6. The molecule has 0 atom stereocenters. The van der Waals surface area contributed by atoms with Crippen LogP contribution in [0, 0.1) is 0 Å². The molecule has 1 aliphatic heterocycles. The average Bonchev–Trinajstić information content (AvgIpc) is 2.70. The second-order valence-electron chi connectivity index (χ2n) is 6.74. The van der Waals surface area contributed by atoms with Gasteiger partial charge < -0.3 is 4.90 Å². The van der Waals surface area contributed by atoms with Crippen molar-refractivity contribution in [2.24, 2.45) is 0 Å². The number of aromatic nitrogens is 2. The molecule has 0 saturated heterocycles. The molecule has 0 radical (unpaired) electrons. The first-order chi connectivity index (χ1) is 14.0. The van der Waals surface area contributed by atoms with Crippen LogP contribution in [0.5, 0.6) is 0 Å². The van der Waals surface area contributed by atoms with Gasteiger partial charge in [-0.3, -0.25) is 4.79 Å². The number of rotatable bonds is 5. The number of amides is 1. The van der Waals surface area contributed by atoms with Gasteiger partial charge in [0.25, 0.3) is 0 Å². The summed E-state index contributed by atoms with van der Waals surface area (Å²) in [7, 11) is -0.709. The zero-order chi connectivity index (χ0) is 22.1. The lowest BCUT2D eigenvalue weighted by molar-refractivity contribution is -0.141. The summed E-state index contributed by atoms with van der Waals surface area (Å²) < 4.78 is 64.1. The highest BCUT2D eigenvalue weighted by molar-refractivity contribution is 7.99. The van der Waals surface area contributed by atoms with E-state index in [2.05, 4.69) is 9.97 Å². The summed E-state index contributed by atoms with van der Waals surface area (Å²) in [5.74, 6) is -0.455. The van der Waals surface area contributed by atoms with E-state index in [9.17, 15) is 26.4 Å². The predicted molar refractivity (Wildman–Crippen MR) is 106 cm³/mol. The molecule has 0 fully saturated rings. The molecule has 1 aromatic carbocycles. The molecular weight excluding hydrogens is 441 g/mol. The maximum Gasteiger partial charge on any atom is 0.433 e. The molecule has 1 amide bonds. The Morgan fingerprint density at radius 1 is 1.27 bits per heavy atom. The number of carbonyl (C=O) groups is 1. The van der Waals surface area contributed by atoms with Crippen LogP contribution in [0.15, 0.2) is 40.5 Å². The maximum absolute atomic E-state index is 12.8. The van der Waals surface area contributed by atoms with Gasteiger partial charge in [-0.1, -0.05) is 11.8 Å². The molecule has 7 nitrogen and oxygen atoms in total. The Morgan fingerprint density at radius 3 is 2.67 bits per heavy atom. The Balaban J connectivity index is 1.76. The van der Waals surface area contributed by atoms with E-state index in [1.54, 1.807) is 12.1 Å². The summed E-state index contributed by atoms with van der Waals surface area (Å²) in [5.41, 5.74) is 0.276. The van der Waals surface area contributed by atoms with Crippen molar-refractivity contribution in [2.45, 2.75) is 29.1 Å². The van der Waals surface area contributed by atoms with Gasteiger partial charge in [-0.2, -0.15) is 13.2 Å². The van der Waals surface area contributed by atoms with Crippen molar-refractivity contribution in [2.75, 3.05) is 31.3 Å². The highest BCUT2D eigenvalue weighted by Gasteiger charge is 2.33. The molecule has 0 bridgehead atoms. The maximum atomic E-state index is 12.8. The molecule has 0 aliphatic carbocycles. The second kappa shape index (κ2) is 8.52.